The summed E-state index contributed by atoms with van der Waals surface area (Å²) in [5.41, 5.74) is 7.38. The number of aromatic nitrogens is 4. The average Bonchev–Trinajstić information content (AvgIpc) is 3.27. The van der Waals surface area contributed by atoms with Crippen LogP contribution in [-0.4, -0.2) is 32.0 Å². The zero-order valence-corrected chi connectivity index (χ0v) is 16.6. The van der Waals surface area contributed by atoms with E-state index in [4.69, 9.17) is 0 Å². The zero-order valence-electron chi connectivity index (χ0n) is 16.6. The number of nitrogens with zero attached hydrogens (tertiary/aromatic N) is 4. The standard InChI is InChI=1S/C22H24N6O2/c29-21(18-9-5-2-6-10-18)24-25-22(30)19-13-11-16(12-14-19)15-28-26-20(23-27-28)17-7-3-1-4-8-17/h1,3-4,7-8,11-14,18H,2,5-6,9-10,15H2,(H,24,29)(H,25,30). The third kappa shape index (κ3) is 4.89. The topological polar surface area (TPSA) is 102 Å². The first-order valence-electron chi connectivity index (χ1n) is 10.2. The summed E-state index contributed by atoms with van der Waals surface area (Å²) in [6.07, 6.45) is 5.10. The summed E-state index contributed by atoms with van der Waals surface area (Å²) in [4.78, 5) is 26.0. The maximum Gasteiger partial charge on any atom is 0.269 e. The Morgan fingerprint density at radius 1 is 0.933 bits per heavy atom. The molecule has 0 atom stereocenters. The van der Waals surface area contributed by atoms with E-state index < -0.39 is 0 Å². The minimum Gasteiger partial charge on any atom is -0.273 e. The molecule has 1 aliphatic rings. The van der Waals surface area contributed by atoms with Crippen molar-refractivity contribution < 1.29 is 9.59 Å². The first-order valence-corrected chi connectivity index (χ1v) is 10.2. The third-order valence-corrected chi connectivity index (χ3v) is 5.30. The Hall–Kier alpha value is -3.55. The summed E-state index contributed by atoms with van der Waals surface area (Å²) in [6, 6.07) is 16.8. The normalized spacial score (nSPS) is 14.3. The van der Waals surface area contributed by atoms with Gasteiger partial charge in [-0.1, -0.05) is 61.7 Å². The summed E-state index contributed by atoms with van der Waals surface area (Å²) < 4.78 is 0. The highest BCUT2D eigenvalue weighted by Gasteiger charge is 2.21. The molecule has 8 heteroatoms. The van der Waals surface area contributed by atoms with Crippen molar-refractivity contribution in [1.29, 1.82) is 0 Å². The lowest BCUT2D eigenvalue weighted by Crippen LogP contribution is -2.44. The molecule has 2 N–H and O–H groups in total. The minimum atomic E-state index is -0.337. The van der Waals surface area contributed by atoms with Crippen LogP contribution in [0.25, 0.3) is 11.4 Å². The van der Waals surface area contributed by atoms with Crippen LogP contribution in [0.2, 0.25) is 0 Å². The van der Waals surface area contributed by atoms with Gasteiger partial charge in [0.1, 0.15) is 0 Å². The van der Waals surface area contributed by atoms with E-state index in [0.717, 1.165) is 36.8 Å². The number of tetrazole rings is 1. The molecule has 0 aliphatic heterocycles. The van der Waals surface area contributed by atoms with Crippen LogP contribution < -0.4 is 10.9 Å². The highest BCUT2D eigenvalue weighted by Crippen LogP contribution is 2.23. The van der Waals surface area contributed by atoms with Crippen molar-refractivity contribution in [2.45, 2.75) is 38.6 Å². The maximum absolute atomic E-state index is 12.3. The van der Waals surface area contributed by atoms with Gasteiger partial charge in [-0.3, -0.25) is 20.4 Å². The largest absolute Gasteiger partial charge is 0.273 e. The van der Waals surface area contributed by atoms with E-state index in [9.17, 15) is 9.59 Å². The second-order valence-corrected chi connectivity index (χ2v) is 7.48. The Kier molecular flexibility index (Phi) is 6.12. The van der Waals surface area contributed by atoms with Gasteiger partial charge in [0, 0.05) is 17.0 Å². The molecular weight excluding hydrogens is 380 g/mol. The first-order chi connectivity index (χ1) is 14.7. The fourth-order valence-corrected chi connectivity index (χ4v) is 3.60. The lowest BCUT2D eigenvalue weighted by atomic mass is 9.89. The predicted molar refractivity (Wildman–Crippen MR) is 111 cm³/mol. The number of carbonyl (C=O) groups excluding carboxylic acids is 2. The maximum atomic E-state index is 12.3. The molecule has 0 bridgehead atoms. The summed E-state index contributed by atoms with van der Waals surface area (Å²) in [5, 5.41) is 12.6. The van der Waals surface area contributed by atoms with E-state index >= 15 is 0 Å². The molecule has 2 aromatic carbocycles. The number of amides is 2. The van der Waals surface area contributed by atoms with Gasteiger partial charge in [0.05, 0.1) is 6.54 Å². The highest BCUT2D eigenvalue weighted by molar-refractivity contribution is 5.95. The summed E-state index contributed by atoms with van der Waals surface area (Å²) in [5.74, 6) is 0.125. The van der Waals surface area contributed by atoms with Crippen LogP contribution in [-0.2, 0) is 11.3 Å². The minimum absolute atomic E-state index is 0.00242. The zero-order chi connectivity index (χ0) is 20.8. The Labute approximate surface area is 174 Å². The Morgan fingerprint density at radius 3 is 2.40 bits per heavy atom. The van der Waals surface area contributed by atoms with Crippen LogP contribution in [0.3, 0.4) is 0 Å². The monoisotopic (exact) mass is 404 g/mol. The SMILES string of the molecule is O=C(NNC(=O)C1CCCCC1)c1ccc(Cn2nnc(-c3ccccc3)n2)cc1. The summed E-state index contributed by atoms with van der Waals surface area (Å²) in [6.45, 7) is 0.445. The molecule has 0 spiro atoms. The van der Waals surface area contributed by atoms with Gasteiger partial charge in [0.25, 0.3) is 5.91 Å². The van der Waals surface area contributed by atoms with Crippen LogP contribution in [0.15, 0.2) is 54.6 Å². The first kappa shape index (κ1) is 19.8. The number of carbonyl (C=O) groups is 2. The van der Waals surface area contributed by atoms with Gasteiger partial charge in [0.2, 0.25) is 11.7 Å². The van der Waals surface area contributed by atoms with E-state index in [1.807, 2.05) is 42.5 Å². The van der Waals surface area contributed by atoms with Crippen molar-refractivity contribution in [3.05, 3.63) is 65.7 Å². The molecule has 4 rings (SSSR count). The van der Waals surface area contributed by atoms with Crippen molar-refractivity contribution in [1.82, 2.24) is 31.1 Å². The Morgan fingerprint density at radius 2 is 1.67 bits per heavy atom. The molecule has 0 unspecified atom stereocenters. The van der Waals surface area contributed by atoms with Gasteiger partial charge < -0.3 is 0 Å². The van der Waals surface area contributed by atoms with Gasteiger partial charge in [-0.2, -0.15) is 4.80 Å². The van der Waals surface area contributed by atoms with Gasteiger partial charge in [0.15, 0.2) is 0 Å². The molecule has 8 nitrogen and oxygen atoms in total. The molecule has 1 heterocycles. The predicted octanol–water partition coefficient (Wildman–Crippen LogP) is 2.73. The third-order valence-electron chi connectivity index (χ3n) is 5.30. The van der Waals surface area contributed by atoms with Crippen LogP contribution in [0.4, 0.5) is 0 Å². The molecule has 1 saturated carbocycles. The number of hydrazine groups is 1. The molecule has 0 radical (unpaired) electrons. The van der Waals surface area contributed by atoms with Crippen molar-refractivity contribution in [3.63, 3.8) is 0 Å². The van der Waals surface area contributed by atoms with E-state index in [2.05, 4.69) is 26.3 Å². The molecule has 2 amide bonds. The van der Waals surface area contributed by atoms with Crippen LogP contribution in [0.1, 0.15) is 48.0 Å². The van der Waals surface area contributed by atoms with Crippen molar-refractivity contribution >= 4 is 11.8 Å². The fraction of sp³-hybridized carbons (Fsp3) is 0.318. The van der Waals surface area contributed by atoms with Crippen molar-refractivity contribution in [3.8, 4) is 11.4 Å². The average molecular weight is 404 g/mol. The summed E-state index contributed by atoms with van der Waals surface area (Å²) in [7, 11) is 0. The molecule has 3 aromatic rings. The Balaban J connectivity index is 1.31. The highest BCUT2D eigenvalue weighted by atomic mass is 16.2. The number of hydrogen-bond donors (Lipinski definition) is 2. The second-order valence-electron chi connectivity index (χ2n) is 7.48. The number of rotatable bonds is 5. The molecular formula is C22H24N6O2. The molecule has 30 heavy (non-hydrogen) atoms. The number of hydrogen-bond acceptors (Lipinski definition) is 5. The van der Waals surface area contributed by atoms with Crippen LogP contribution in [0, 0.1) is 5.92 Å². The van der Waals surface area contributed by atoms with Crippen molar-refractivity contribution in [2.75, 3.05) is 0 Å². The molecule has 154 valence electrons. The smallest absolute Gasteiger partial charge is 0.269 e. The molecule has 0 saturated heterocycles. The van der Waals surface area contributed by atoms with Crippen LogP contribution >= 0.6 is 0 Å². The van der Waals surface area contributed by atoms with Gasteiger partial charge in [-0.05, 0) is 35.8 Å². The molecule has 1 fully saturated rings. The van der Waals surface area contributed by atoms with E-state index in [1.54, 1.807) is 12.1 Å². The fourth-order valence-electron chi connectivity index (χ4n) is 3.60. The van der Waals surface area contributed by atoms with E-state index in [0.29, 0.717) is 17.9 Å². The van der Waals surface area contributed by atoms with E-state index in [1.165, 1.54) is 11.2 Å². The number of benzene rings is 2. The van der Waals surface area contributed by atoms with Gasteiger partial charge in [-0.25, -0.2) is 0 Å². The van der Waals surface area contributed by atoms with Gasteiger partial charge in [-0.15, -0.1) is 10.2 Å². The second kappa shape index (κ2) is 9.30. The lowest BCUT2D eigenvalue weighted by molar-refractivity contribution is -0.126. The van der Waals surface area contributed by atoms with Crippen LogP contribution in [0.5, 0.6) is 0 Å². The quantitative estimate of drug-likeness (QED) is 0.637. The molecule has 1 aliphatic carbocycles. The Bertz CT molecular complexity index is 994. The summed E-state index contributed by atoms with van der Waals surface area (Å²) >= 11 is 0. The van der Waals surface area contributed by atoms with Gasteiger partial charge >= 0.3 is 0 Å². The van der Waals surface area contributed by atoms with E-state index in [-0.39, 0.29) is 17.7 Å². The number of nitrogens with one attached hydrogen (secondary N) is 2. The lowest BCUT2D eigenvalue weighted by Gasteiger charge is -2.20. The van der Waals surface area contributed by atoms with Crippen molar-refractivity contribution in [2.24, 2.45) is 5.92 Å². The molecule has 1 aromatic heterocycles.